The van der Waals surface area contributed by atoms with E-state index in [4.69, 9.17) is 23.6 Å². The zero-order valence-corrected chi connectivity index (χ0v) is 22.4. The predicted molar refractivity (Wildman–Crippen MR) is 146 cm³/mol. The van der Waals surface area contributed by atoms with Crippen molar-refractivity contribution in [1.29, 1.82) is 0 Å². The van der Waals surface area contributed by atoms with E-state index < -0.39 is 13.4 Å². The van der Waals surface area contributed by atoms with Gasteiger partial charge in [-0.2, -0.15) is 5.10 Å². The molecule has 0 fully saturated rings. The van der Waals surface area contributed by atoms with Crippen LogP contribution >= 0.6 is 7.60 Å². The number of anilines is 1. The summed E-state index contributed by atoms with van der Waals surface area (Å²) >= 11 is 0. The van der Waals surface area contributed by atoms with Crippen LogP contribution in [0.5, 0.6) is 11.5 Å². The van der Waals surface area contributed by atoms with Crippen LogP contribution in [0, 0.1) is 0 Å². The first-order chi connectivity index (χ1) is 18.0. The highest BCUT2D eigenvalue weighted by Gasteiger charge is 2.40. The van der Waals surface area contributed by atoms with Gasteiger partial charge in [0.15, 0.2) is 5.78 Å². The Morgan fingerprint density at radius 1 is 0.838 bits per heavy atom. The second kappa shape index (κ2) is 12.1. The number of hydrogen-bond acceptors (Lipinski definition) is 7. The van der Waals surface area contributed by atoms with Gasteiger partial charge < -0.3 is 23.8 Å². The molecule has 1 heterocycles. The second-order valence-electron chi connectivity index (χ2n) is 8.09. The zero-order valence-electron chi connectivity index (χ0n) is 21.5. The lowest BCUT2D eigenvalue weighted by Gasteiger charge is -2.28. The van der Waals surface area contributed by atoms with E-state index in [1.54, 1.807) is 32.7 Å². The summed E-state index contributed by atoms with van der Waals surface area (Å²) in [5.74, 6) is 0.612. The molecule has 4 aromatic rings. The summed E-state index contributed by atoms with van der Waals surface area (Å²) in [5, 5.41) is 8.32. The predicted octanol–water partition coefficient (Wildman–Crippen LogP) is 6.93. The second-order valence-corrected chi connectivity index (χ2v) is 10.2. The zero-order chi connectivity index (χ0) is 26.3. The van der Waals surface area contributed by atoms with Crippen molar-refractivity contribution in [3.8, 4) is 28.4 Å². The van der Waals surface area contributed by atoms with Crippen LogP contribution in [-0.2, 0) is 13.6 Å². The third kappa shape index (κ3) is 6.05. The minimum Gasteiger partial charge on any atom is -0.497 e. The molecule has 8 nitrogen and oxygen atoms in total. The highest BCUT2D eigenvalue weighted by Crippen LogP contribution is 2.62. The van der Waals surface area contributed by atoms with E-state index in [-0.39, 0.29) is 13.2 Å². The third-order valence-corrected chi connectivity index (χ3v) is 8.02. The highest BCUT2D eigenvalue weighted by atomic mass is 31.2. The maximum absolute atomic E-state index is 14.3. The van der Waals surface area contributed by atoms with Gasteiger partial charge in [0.2, 0.25) is 0 Å². The molecule has 1 atom stereocenters. The minimum atomic E-state index is -3.70. The number of hydrogen-bond donors (Lipinski definition) is 1. The summed E-state index contributed by atoms with van der Waals surface area (Å²) < 4.78 is 38.4. The van der Waals surface area contributed by atoms with Crippen molar-refractivity contribution < 1.29 is 23.1 Å². The summed E-state index contributed by atoms with van der Waals surface area (Å²) in [6.07, 6.45) is 1.88. The number of methoxy groups -OCH3 is 2. The molecule has 0 bridgehead atoms. The van der Waals surface area contributed by atoms with Gasteiger partial charge in [-0.3, -0.25) is 4.57 Å². The maximum Gasteiger partial charge on any atom is 0.357 e. The number of aromatic nitrogens is 2. The van der Waals surface area contributed by atoms with Crippen LogP contribution in [0.15, 0.2) is 85.1 Å². The molecule has 0 saturated carbocycles. The van der Waals surface area contributed by atoms with E-state index in [1.807, 2.05) is 85.1 Å². The van der Waals surface area contributed by atoms with Gasteiger partial charge in [-0.05, 0) is 74.5 Å². The molecule has 0 radical (unpaired) electrons. The van der Waals surface area contributed by atoms with Gasteiger partial charge in [-0.1, -0.05) is 18.2 Å². The molecule has 0 saturated heterocycles. The summed E-state index contributed by atoms with van der Waals surface area (Å²) in [6.45, 7) is 4.05. The number of rotatable bonds is 12. The number of nitrogens with zero attached hydrogens (tertiary/aromatic N) is 2. The van der Waals surface area contributed by atoms with Crippen molar-refractivity contribution in [2.45, 2.75) is 19.6 Å². The Labute approximate surface area is 217 Å². The molecule has 9 heteroatoms. The number of benzene rings is 3. The standard InChI is InChI=1S/C28H32N3O5P/c1-5-35-37(32,36-6-2)28(29-22-14-18-25(34-4)19-15-22)26-20-31(23-10-8-7-9-11-23)30-27(26)21-12-16-24(33-3)17-13-21/h7-20,28-29H,5-6H2,1-4H3. The van der Waals surface area contributed by atoms with Gasteiger partial charge in [-0.25, -0.2) is 4.68 Å². The van der Waals surface area contributed by atoms with E-state index in [9.17, 15) is 4.57 Å². The molecule has 0 aliphatic heterocycles. The quantitative estimate of drug-likeness (QED) is 0.202. The van der Waals surface area contributed by atoms with Crippen molar-refractivity contribution >= 4 is 13.3 Å². The summed E-state index contributed by atoms with van der Waals surface area (Å²) in [6, 6.07) is 24.8. The van der Waals surface area contributed by atoms with Crippen molar-refractivity contribution in [2.24, 2.45) is 0 Å². The van der Waals surface area contributed by atoms with E-state index >= 15 is 0 Å². The molecular weight excluding hydrogens is 489 g/mol. The van der Waals surface area contributed by atoms with Crippen LogP contribution in [0.1, 0.15) is 25.2 Å². The Morgan fingerprint density at radius 2 is 1.41 bits per heavy atom. The Bertz CT molecular complexity index is 1310. The Morgan fingerprint density at radius 3 is 1.95 bits per heavy atom. The fourth-order valence-corrected chi connectivity index (χ4v) is 5.92. The topological polar surface area (TPSA) is 83.8 Å². The monoisotopic (exact) mass is 521 g/mol. The molecule has 1 aromatic heterocycles. The molecule has 194 valence electrons. The number of nitrogens with one attached hydrogen (secondary N) is 1. The number of ether oxygens (including phenoxy) is 2. The van der Waals surface area contributed by atoms with Gasteiger partial charge in [0.05, 0.1) is 38.8 Å². The normalized spacial score (nSPS) is 12.2. The lowest BCUT2D eigenvalue weighted by Crippen LogP contribution is -2.15. The molecule has 0 spiro atoms. The van der Waals surface area contributed by atoms with Crippen molar-refractivity contribution in [3.63, 3.8) is 0 Å². The van der Waals surface area contributed by atoms with Gasteiger partial charge >= 0.3 is 7.60 Å². The van der Waals surface area contributed by atoms with Crippen LogP contribution in [0.3, 0.4) is 0 Å². The maximum atomic E-state index is 14.3. The van der Waals surface area contributed by atoms with Gasteiger partial charge in [0.25, 0.3) is 0 Å². The first-order valence-corrected chi connectivity index (χ1v) is 13.7. The molecule has 0 amide bonds. The highest BCUT2D eigenvalue weighted by molar-refractivity contribution is 7.54. The van der Waals surface area contributed by atoms with Crippen LogP contribution in [0.25, 0.3) is 16.9 Å². The fraction of sp³-hybridized carbons (Fsp3) is 0.250. The van der Waals surface area contributed by atoms with E-state index in [2.05, 4.69) is 5.32 Å². The van der Waals surface area contributed by atoms with Gasteiger partial charge in [-0.15, -0.1) is 0 Å². The molecule has 1 unspecified atom stereocenters. The first-order valence-electron chi connectivity index (χ1n) is 12.1. The van der Waals surface area contributed by atoms with Crippen LogP contribution in [0.4, 0.5) is 5.69 Å². The minimum absolute atomic E-state index is 0.225. The Balaban J connectivity index is 1.89. The molecule has 3 aromatic carbocycles. The average Bonchev–Trinajstić information content (AvgIpc) is 3.38. The van der Waals surface area contributed by atoms with Crippen LogP contribution in [0.2, 0.25) is 0 Å². The van der Waals surface area contributed by atoms with Crippen molar-refractivity contribution in [3.05, 3.63) is 90.6 Å². The SMILES string of the molecule is CCOP(=O)(OCC)C(Nc1ccc(OC)cc1)c1cn(-c2ccccc2)nc1-c1ccc(OC)cc1. The molecule has 1 N–H and O–H groups in total. The van der Waals surface area contributed by atoms with E-state index in [1.165, 1.54) is 0 Å². The fourth-order valence-electron chi connectivity index (χ4n) is 3.99. The summed E-state index contributed by atoms with van der Waals surface area (Å²) in [7, 11) is -0.458. The van der Waals surface area contributed by atoms with Gasteiger partial charge in [0.1, 0.15) is 11.5 Å². The lowest BCUT2D eigenvalue weighted by atomic mass is 10.1. The average molecular weight is 522 g/mol. The summed E-state index contributed by atoms with van der Waals surface area (Å²) in [4.78, 5) is 0. The van der Waals surface area contributed by atoms with Crippen molar-refractivity contribution in [1.82, 2.24) is 9.78 Å². The third-order valence-electron chi connectivity index (χ3n) is 5.75. The molecule has 0 aliphatic carbocycles. The van der Waals surface area contributed by atoms with Gasteiger partial charge in [0, 0.05) is 23.0 Å². The summed E-state index contributed by atoms with van der Waals surface area (Å²) in [5.41, 5.74) is 3.77. The van der Waals surface area contributed by atoms with E-state index in [0.717, 1.165) is 28.4 Å². The first kappa shape index (κ1) is 26.5. The largest absolute Gasteiger partial charge is 0.497 e. The Kier molecular flexibility index (Phi) is 8.66. The van der Waals surface area contributed by atoms with Crippen LogP contribution in [-0.4, -0.2) is 37.2 Å². The Hall–Kier alpha value is -3.58. The molecule has 0 aliphatic rings. The molecule has 37 heavy (non-hydrogen) atoms. The van der Waals surface area contributed by atoms with Crippen molar-refractivity contribution in [2.75, 3.05) is 32.8 Å². The smallest absolute Gasteiger partial charge is 0.357 e. The molecule has 4 rings (SSSR count). The van der Waals surface area contributed by atoms with E-state index in [0.29, 0.717) is 11.3 Å². The molecular formula is C28H32N3O5P. The lowest BCUT2D eigenvalue weighted by molar-refractivity contribution is 0.214. The van der Waals surface area contributed by atoms with Crippen LogP contribution < -0.4 is 14.8 Å². The number of para-hydroxylation sites is 1.